The largest absolute Gasteiger partial charge is 0.378 e. The lowest BCUT2D eigenvalue weighted by atomic mass is 10.1. The van der Waals surface area contributed by atoms with Crippen LogP contribution in [0.25, 0.3) is 0 Å². The summed E-state index contributed by atoms with van der Waals surface area (Å²) in [5.41, 5.74) is 5.96. The number of aromatic nitrogens is 1. The summed E-state index contributed by atoms with van der Waals surface area (Å²) in [5, 5.41) is 13.4. The Labute approximate surface area is 130 Å². The van der Waals surface area contributed by atoms with Gasteiger partial charge in [0.25, 0.3) is 5.91 Å². The third-order valence-corrected chi connectivity index (χ3v) is 3.72. The zero-order chi connectivity index (χ0) is 16.6. The van der Waals surface area contributed by atoms with E-state index in [1.165, 1.54) is 18.2 Å². The van der Waals surface area contributed by atoms with Crippen molar-refractivity contribution in [3.05, 3.63) is 63.6 Å². The van der Waals surface area contributed by atoms with Crippen LogP contribution in [-0.2, 0) is 0 Å². The molecule has 3 rings (SSSR count). The molecule has 0 spiro atoms. The predicted octanol–water partition coefficient (Wildman–Crippen LogP) is 2.00. The highest BCUT2D eigenvalue weighted by molar-refractivity contribution is 5.93. The number of pyridine rings is 1. The van der Waals surface area contributed by atoms with Gasteiger partial charge in [-0.15, -0.1) is 0 Å². The molecule has 1 fully saturated rings. The highest BCUT2D eigenvalue weighted by atomic mass is 19.1. The lowest BCUT2D eigenvalue weighted by Crippen LogP contribution is -2.27. The first-order valence-corrected chi connectivity index (χ1v) is 6.93. The number of hydrogen-bond acceptors (Lipinski definition) is 5. The van der Waals surface area contributed by atoms with Gasteiger partial charge < -0.3 is 11.1 Å². The van der Waals surface area contributed by atoms with Crippen LogP contribution in [0.5, 0.6) is 0 Å². The summed E-state index contributed by atoms with van der Waals surface area (Å²) in [4.78, 5) is 25.9. The van der Waals surface area contributed by atoms with E-state index in [4.69, 9.17) is 5.73 Å². The molecule has 7 nitrogen and oxygen atoms in total. The zero-order valence-electron chi connectivity index (χ0n) is 11.9. The Balaban J connectivity index is 1.67. The van der Waals surface area contributed by atoms with E-state index in [-0.39, 0.29) is 35.0 Å². The minimum Gasteiger partial charge on any atom is -0.378 e. The maximum atomic E-state index is 13.2. The maximum Gasteiger partial charge on any atom is 0.311 e. The number of benzene rings is 1. The van der Waals surface area contributed by atoms with Gasteiger partial charge in [-0.1, -0.05) is 12.1 Å². The topological polar surface area (TPSA) is 111 Å². The third-order valence-electron chi connectivity index (χ3n) is 3.72. The number of nitrogen functional groups attached to an aromatic ring is 1. The Hall–Kier alpha value is -3.03. The SMILES string of the molecule is Nc1nc(C(=O)N[C@@H]2C[C@@H]2c2cccc(F)c2)ccc1[N+](=O)[O-]. The Morgan fingerprint density at radius 3 is 2.83 bits per heavy atom. The Bertz CT molecular complexity index is 796. The lowest BCUT2D eigenvalue weighted by molar-refractivity contribution is -0.384. The van der Waals surface area contributed by atoms with E-state index < -0.39 is 10.8 Å². The van der Waals surface area contributed by atoms with Crippen molar-refractivity contribution < 1.29 is 14.1 Å². The van der Waals surface area contributed by atoms with Crippen LogP contribution < -0.4 is 11.1 Å². The van der Waals surface area contributed by atoms with Crippen LogP contribution in [0.2, 0.25) is 0 Å². The summed E-state index contributed by atoms with van der Waals surface area (Å²) in [5.74, 6) is -1.02. The molecule has 8 heteroatoms. The van der Waals surface area contributed by atoms with Crippen molar-refractivity contribution in [3.8, 4) is 0 Å². The first kappa shape index (κ1) is 14.9. The van der Waals surface area contributed by atoms with Gasteiger partial charge in [-0.3, -0.25) is 14.9 Å². The van der Waals surface area contributed by atoms with Crippen LogP contribution in [0.4, 0.5) is 15.9 Å². The standard InChI is InChI=1S/C15H13FN4O3/c16-9-3-1-2-8(6-9)10-7-12(10)19-15(21)11-4-5-13(20(22)23)14(17)18-11/h1-6,10,12H,7H2,(H2,17,18)(H,19,21)/t10-,12-/m1/s1. The van der Waals surface area contributed by atoms with Crippen molar-refractivity contribution in [2.75, 3.05) is 5.73 Å². The van der Waals surface area contributed by atoms with Crippen LogP contribution in [0.3, 0.4) is 0 Å². The molecular weight excluding hydrogens is 303 g/mol. The van der Waals surface area contributed by atoms with Crippen molar-refractivity contribution in [3.63, 3.8) is 0 Å². The summed E-state index contributed by atoms with van der Waals surface area (Å²) in [6.07, 6.45) is 0.706. The average Bonchev–Trinajstić information content (AvgIpc) is 3.26. The summed E-state index contributed by atoms with van der Waals surface area (Å²) in [6.45, 7) is 0. The quantitative estimate of drug-likeness (QED) is 0.662. The monoisotopic (exact) mass is 316 g/mol. The molecule has 0 unspecified atom stereocenters. The number of nitrogens with zero attached hydrogens (tertiary/aromatic N) is 2. The fourth-order valence-electron chi connectivity index (χ4n) is 2.45. The molecule has 3 N–H and O–H groups in total. The van der Waals surface area contributed by atoms with Gasteiger partial charge in [-0.05, 0) is 30.2 Å². The summed E-state index contributed by atoms with van der Waals surface area (Å²) >= 11 is 0. The van der Waals surface area contributed by atoms with E-state index in [1.54, 1.807) is 6.07 Å². The number of amides is 1. The number of nitrogens with two attached hydrogens (primary N) is 1. The van der Waals surface area contributed by atoms with Crippen molar-refractivity contribution in [2.45, 2.75) is 18.4 Å². The van der Waals surface area contributed by atoms with E-state index >= 15 is 0 Å². The number of halogens is 1. The van der Waals surface area contributed by atoms with Crippen molar-refractivity contribution in [2.24, 2.45) is 0 Å². The molecular formula is C15H13FN4O3. The van der Waals surface area contributed by atoms with E-state index in [0.29, 0.717) is 6.42 Å². The molecule has 118 valence electrons. The molecule has 1 heterocycles. The molecule has 1 amide bonds. The fraction of sp³-hybridized carbons (Fsp3) is 0.200. The van der Waals surface area contributed by atoms with Gasteiger partial charge in [0.2, 0.25) is 5.82 Å². The second kappa shape index (κ2) is 5.64. The Morgan fingerprint density at radius 1 is 1.39 bits per heavy atom. The van der Waals surface area contributed by atoms with Gasteiger partial charge in [0, 0.05) is 18.0 Å². The van der Waals surface area contributed by atoms with Gasteiger partial charge in [0.15, 0.2) is 0 Å². The summed E-state index contributed by atoms with van der Waals surface area (Å²) < 4.78 is 13.2. The maximum absolute atomic E-state index is 13.2. The normalized spacial score (nSPS) is 19.2. The number of nitro groups is 1. The second-order valence-electron chi connectivity index (χ2n) is 5.34. The molecule has 0 saturated heterocycles. The number of rotatable bonds is 4. The van der Waals surface area contributed by atoms with E-state index in [2.05, 4.69) is 10.3 Å². The number of hydrogen-bond donors (Lipinski definition) is 2. The predicted molar refractivity (Wildman–Crippen MR) is 80.3 cm³/mol. The van der Waals surface area contributed by atoms with Gasteiger partial charge in [0.1, 0.15) is 11.5 Å². The van der Waals surface area contributed by atoms with Crippen molar-refractivity contribution in [1.29, 1.82) is 0 Å². The minimum atomic E-state index is -0.662. The Morgan fingerprint density at radius 2 is 2.17 bits per heavy atom. The summed E-state index contributed by atoms with van der Waals surface area (Å²) in [7, 11) is 0. The molecule has 0 aliphatic heterocycles. The van der Waals surface area contributed by atoms with Crippen LogP contribution >= 0.6 is 0 Å². The van der Waals surface area contributed by atoms with Crippen molar-refractivity contribution in [1.82, 2.24) is 10.3 Å². The average molecular weight is 316 g/mol. The smallest absolute Gasteiger partial charge is 0.311 e. The molecule has 1 aliphatic carbocycles. The summed E-state index contributed by atoms with van der Waals surface area (Å²) in [6, 6.07) is 8.53. The highest BCUT2D eigenvalue weighted by Crippen LogP contribution is 2.41. The van der Waals surface area contributed by atoms with Crippen LogP contribution in [0, 0.1) is 15.9 Å². The number of carbonyl (C=O) groups is 1. The van der Waals surface area contributed by atoms with Gasteiger partial charge in [-0.25, -0.2) is 9.37 Å². The Kier molecular flexibility index (Phi) is 3.65. The van der Waals surface area contributed by atoms with Gasteiger partial charge >= 0.3 is 5.69 Å². The number of anilines is 1. The van der Waals surface area contributed by atoms with Crippen LogP contribution in [-0.4, -0.2) is 21.9 Å². The first-order valence-electron chi connectivity index (χ1n) is 6.93. The second-order valence-corrected chi connectivity index (χ2v) is 5.34. The number of nitrogens with one attached hydrogen (secondary N) is 1. The van der Waals surface area contributed by atoms with Gasteiger partial charge in [0.05, 0.1) is 4.92 Å². The highest BCUT2D eigenvalue weighted by Gasteiger charge is 2.40. The van der Waals surface area contributed by atoms with Gasteiger partial charge in [-0.2, -0.15) is 0 Å². The molecule has 1 aliphatic rings. The molecule has 0 radical (unpaired) electrons. The zero-order valence-corrected chi connectivity index (χ0v) is 11.9. The lowest BCUT2D eigenvalue weighted by Gasteiger charge is -2.05. The number of carbonyl (C=O) groups excluding carboxylic acids is 1. The molecule has 2 aromatic rings. The third kappa shape index (κ3) is 3.10. The van der Waals surface area contributed by atoms with E-state index in [0.717, 1.165) is 11.6 Å². The van der Waals surface area contributed by atoms with E-state index in [1.807, 2.05) is 6.07 Å². The molecule has 1 saturated carbocycles. The van der Waals surface area contributed by atoms with E-state index in [9.17, 15) is 19.3 Å². The molecule has 1 aromatic heterocycles. The first-order chi connectivity index (χ1) is 11.0. The molecule has 0 bridgehead atoms. The molecule has 23 heavy (non-hydrogen) atoms. The van der Waals surface area contributed by atoms with Crippen LogP contribution in [0.15, 0.2) is 36.4 Å². The fourth-order valence-corrected chi connectivity index (χ4v) is 2.45. The molecule has 2 atom stereocenters. The van der Waals surface area contributed by atoms with Crippen molar-refractivity contribution >= 4 is 17.4 Å². The van der Waals surface area contributed by atoms with Crippen LogP contribution in [0.1, 0.15) is 28.4 Å². The minimum absolute atomic E-state index is 0.0120. The molecule has 1 aromatic carbocycles.